The van der Waals surface area contributed by atoms with Crippen molar-refractivity contribution in [1.82, 2.24) is 10.4 Å². The van der Waals surface area contributed by atoms with E-state index in [4.69, 9.17) is 4.74 Å². The molecule has 0 saturated carbocycles. The lowest BCUT2D eigenvalue weighted by molar-refractivity contribution is 0.0955. The van der Waals surface area contributed by atoms with Crippen LogP contribution in [0.2, 0.25) is 0 Å². The second-order valence-electron chi connectivity index (χ2n) is 7.42. The molecule has 2 N–H and O–H groups in total. The fourth-order valence-corrected chi connectivity index (χ4v) is 4.27. The van der Waals surface area contributed by atoms with E-state index in [9.17, 15) is 4.79 Å². The summed E-state index contributed by atoms with van der Waals surface area (Å²) in [6.07, 6.45) is 1.57. The molecule has 0 atom stereocenters. The molecule has 34 heavy (non-hydrogen) atoms. The second-order valence-corrected chi connectivity index (χ2v) is 9.19. The topological polar surface area (TPSA) is 75.6 Å². The summed E-state index contributed by atoms with van der Waals surface area (Å²) in [4.78, 5) is 17.2. The maximum absolute atomic E-state index is 12.5. The summed E-state index contributed by atoms with van der Waals surface area (Å²) in [5, 5.41) is 10.2. The third-order valence-electron chi connectivity index (χ3n) is 4.89. The van der Waals surface area contributed by atoms with Crippen molar-refractivity contribution in [2.24, 2.45) is 5.10 Å². The van der Waals surface area contributed by atoms with Crippen molar-refractivity contribution in [3.8, 4) is 17.0 Å². The van der Waals surface area contributed by atoms with Gasteiger partial charge < -0.3 is 10.1 Å². The molecular weight excluding hydrogens is 512 g/mol. The van der Waals surface area contributed by atoms with Gasteiger partial charge in [-0.2, -0.15) is 5.10 Å². The Labute approximate surface area is 210 Å². The number of anilines is 2. The van der Waals surface area contributed by atoms with Crippen molar-refractivity contribution in [1.29, 1.82) is 0 Å². The van der Waals surface area contributed by atoms with Crippen molar-refractivity contribution in [3.63, 3.8) is 0 Å². The van der Waals surface area contributed by atoms with Crippen LogP contribution in [0.3, 0.4) is 0 Å². The van der Waals surface area contributed by atoms with Gasteiger partial charge in [0.2, 0.25) is 0 Å². The predicted molar refractivity (Wildman–Crippen MR) is 142 cm³/mol. The van der Waals surface area contributed by atoms with E-state index < -0.39 is 0 Å². The van der Waals surface area contributed by atoms with Crippen LogP contribution >= 0.6 is 27.3 Å². The molecule has 0 aliphatic heterocycles. The number of hydrogen-bond donors (Lipinski definition) is 2. The summed E-state index contributed by atoms with van der Waals surface area (Å²) in [5.74, 6) is 0.406. The molecule has 172 valence electrons. The molecule has 0 radical (unpaired) electrons. The van der Waals surface area contributed by atoms with Crippen LogP contribution in [0.25, 0.3) is 11.3 Å². The number of carbonyl (C=O) groups is 1. The average molecular weight is 535 g/mol. The SMILES string of the molecule is CCOc1ccc(Br)cc1/C=N\NC(=O)c1ccc(-c2csc(Nc3ccc(C)cc3)n2)cc1. The first-order valence-electron chi connectivity index (χ1n) is 10.7. The highest BCUT2D eigenvalue weighted by Gasteiger charge is 2.09. The highest BCUT2D eigenvalue weighted by Crippen LogP contribution is 2.27. The Hall–Kier alpha value is -3.49. The maximum atomic E-state index is 12.5. The number of aromatic nitrogens is 1. The van der Waals surface area contributed by atoms with Gasteiger partial charge in [0.15, 0.2) is 5.13 Å². The predicted octanol–water partition coefficient (Wildman–Crippen LogP) is 6.79. The molecule has 0 bridgehead atoms. The molecule has 0 fully saturated rings. The lowest BCUT2D eigenvalue weighted by atomic mass is 10.1. The number of rotatable bonds is 8. The molecule has 8 heteroatoms. The van der Waals surface area contributed by atoms with E-state index in [1.807, 2.05) is 54.8 Å². The fraction of sp³-hybridized carbons (Fsp3) is 0.115. The minimum Gasteiger partial charge on any atom is -0.493 e. The van der Waals surface area contributed by atoms with Crippen molar-refractivity contribution in [3.05, 3.63) is 93.3 Å². The van der Waals surface area contributed by atoms with Crippen molar-refractivity contribution >= 4 is 50.2 Å². The minimum absolute atomic E-state index is 0.296. The summed E-state index contributed by atoms with van der Waals surface area (Å²) in [6, 6.07) is 21.1. The third kappa shape index (κ3) is 6.09. The monoisotopic (exact) mass is 534 g/mol. The third-order valence-corrected chi connectivity index (χ3v) is 6.14. The number of aryl methyl sites for hydroxylation is 1. The van der Waals surface area contributed by atoms with Crippen molar-refractivity contribution in [2.45, 2.75) is 13.8 Å². The first kappa shape index (κ1) is 23.7. The first-order valence-corrected chi connectivity index (χ1v) is 12.3. The van der Waals surface area contributed by atoms with Crippen LogP contribution in [-0.4, -0.2) is 23.7 Å². The Kier molecular flexibility index (Phi) is 7.72. The van der Waals surface area contributed by atoms with Gasteiger partial charge in [-0.05, 0) is 56.3 Å². The number of benzene rings is 3. The Morgan fingerprint density at radius 2 is 1.88 bits per heavy atom. The number of nitrogens with one attached hydrogen (secondary N) is 2. The Morgan fingerprint density at radius 1 is 1.12 bits per heavy atom. The number of thiazole rings is 1. The van der Waals surface area contributed by atoms with Crippen LogP contribution in [0.15, 0.2) is 81.7 Å². The van der Waals surface area contributed by atoms with Gasteiger partial charge in [-0.25, -0.2) is 10.4 Å². The molecule has 0 aliphatic rings. The molecule has 0 spiro atoms. The average Bonchev–Trinajstić information content (AvgIpc) is 3.31. The van der Waals surface area contributed by atoms with Gasteiger partial charge in [0.1, 0.15) is 5.75 Å². The molecule has 1 aromatic heterocycles. The van der Waals surface area contributed by atoms with Gasteiger partial charge in [0.05, 0.1) is 18.5 Å². The van der Waals surface area contributed by atoms with E-state index in [1.165, 1.54) is 16.9 Å². The van der Waals surface area contributed by atoms with E-state index in [2.05, 4.69) is 55.8 Å². The number of amides is 1. The summed E-state index contributed by atoms with van der Waals surface area (Å²) in [7, 11) is 0. The zero-order valence-electron chi connectivity index (χ0n) is 18.7. The van der Waals surface area contributed by atoms with E-state index in [-0.39, 0.29) is 5.91 Å². The van der Waals surface area contributed by atoms with Crippen LogP contribution in [0.1, 0.15) is 28.4 Å². The molecular formula is C26H23BrN4O2S. The number of nitrogens with zero attached hydrogens (tertiary/aromatic N) is 2. The molecule has 0 saturated heterocycles. The number of halogens is 1. The zero-order chi connectivity index (χ0) is 23.9. The molecule has 1 amide bonds. The number of carbonyl (C=O) groups excluding carboxylic acids is 1. The fourth-order valence-electron chi connectivity index (χ4n) is 3.15. The summed E-state index contributed by atoms with van der Waals surface area (Å²) >= 11 is 4.97. The van der Waals surface area contributed by atoms with Gasteiger partial charge >= 0.3 is 0 Å². The second kappa shape index (κ2) is 11.1. The molecule has 4 aromatic rings. The number of ether oxygens (including phenoxy) is 1. The van der Waals surface area contributed by atoms with Gasteiger partial charge in [-0.3, -0.25) is 4.79 Å². The minimum atomic E-state index is -0.296. The van der Waals surface area contributed by atoms with E-state index in [0.29, 0.717) is 17.9 Å². The summed E-state index contributed by atoms with van der Waals surface area (Å²) in [5.41, 5.74) is 7.83. The quantitative estimate of drug-likeness (QED) is 0.193. The zero-order valence-corrected chi connectivity index (χ0v) is 21.1. The molecule has 0 unspecified atom stereocenters. The van der Waals surface area contributed by atoms with Gasteiger partial charge in [0.25, 0.3) is 5.91 Å². The van der Waals surface area contributed by atoms with Crippen LogP contribution in [0, 0.1) is 6.92 Å². The smallest absolute Gasteiger partial charge is 0.271 e. The molecule has 4 rings (SSSR count). The van der Waals surface area contributed by atoms with E-state index in [1.54, 1.807) is 18.3 Å². The number of hydrogen-bond acceptors (Lipinski definition) is 6. The van der Waals surface area contributed by atoms with Crippen LogP contribution in [0.5, 0.6) is 5.75 Å². The molecule has 1 heterocycles. The summed E-state index contributed by atoms with van der Waals surface area (Å²) < 4.78 is 6.50. The normalized spacial score (nSPS) is 10.9. The Morgan fingerprint density at radius 3 is 2.62 bits per heavy atom. The summed E-state index contributed by atoms with van der Waals surface area (Å²) in [6.45, 7) is 4.52. The van der Waals surface area contributed by atoms with Gasteiger partial charge in [0, 0.05) is 32.2 Å². The van der Waals surface area contributed by atoms with Gasteiger partial charge in [-0.1, -0.05) is 45.8 Å². The Balaban J connectivity index is 1.38. The standard InChI is InChI=1S/C26H23BrN4O2S/c1-3-33-24-13-10-21(27)14-20(24)15-28-31-25(32)19-8-6-18(7-9-19)23-16-34-26(30-23)29-22-11-4-17(2)5-12-22/h4-16H,3H2,1-2H3,(H,29,30)(H,31,32)/b28-15-. The van der Waals surface area contributed by atoms with E-state index >= 15 is 0 Å². The first-order chi connectivity index (χ1) is 16.5. The molecule has 0 aliphatic carbocycles. The van der Waals surface area contributed by atoms with E-state index in [0.717, 1.165) is 32.1 Å². The van der Waals surface area contributed by atoms with Crippen molar-refractivity contribution < 1.29 is 9.53 Å². The molecule has 6 nitrogen and oxygen atoms in total. The van der Waals surface area contributed by atoms with Crippen LogP contribution in [0.4, 0.5) is 10.8 Å². The highest BCUT2D eigenvalue weighted by atomic mass is 79.9. The highest BCUT2D eigenvalue weighted by molar-refractivity contribution is 9.10. The largest absolute Gasteiger partial charge is 0.493 e. The lowest BCUT2D eigenvalue weighted by Crippen LogP contribution is -2.17. The number of hydrazone groups is 1. The maximum Gasteiger partial charge on any atom is 0.271 e. The van der Waals surface area contributed by atoms with Crippen molar-refractivity contribution in [2.75, 3.05) is 11.9 Å². The lowest BCUT2D eigenvalue weighted by Gasteiger charge is -2.07. The van der Waals surface area contributed by atoms with Gasteiger partial charge in [-0.15, -0.1) is 11.3 Å². The van der Waals surface area contributed by atoms with Crippen LogP contribution in [-0.2, 0) is 0 Å². The molecule has 3 aromatic carbocycles. The Bertz CT molecular complexity index is 1300. The van der Waals surface area contributed by atoms with Crippen LogP contribution < -0.4 is 15.5 Å².